The topological polar surface area (TPSA) is 45.2 Å². The molecular weight excluding hydrogens is 337 g/mol. The first kappa shape index (κ1) is 18.7. The number of hydrogen-bond donors (Lipinski definition) is 0. The molecule has 6 nitrogen and oxygen atoms in total. The number of halogens is 1. The molecule has 1 aromatic rings. The van der Waals surface area contributed by atoms with E-state index in [2.05, 4.69) is 23.4 Å². The van der Waals surface area contributed by atoms with Gasteiger partial charge in [0.05, 0.1) is 18.8 Å². The van der Waals surface area contributed by atoms with Crippen molar-refractivity contribution in [2.45, 2.75) is 19.6 Å². The van der Waals surface area contributed by atoms with Crippen LogP contribution in [0.4, 0.5) is 9.18 Å². The quantitative estimate of drug-likeness (QED) is 0.752. The number of benzene rings is 1. The zero-order valence-corrected chi connectivity index (χ0v) is 15.4. The number of amides is 1. The predicted octanol–water partition coefficient (Wildman–Crippen LogP) is 2.31. The van der Waals surface area contributed by atoms with E-state index < -0.39 is 6.09 Å². The number of likely N-dealkylation sites (N-methyl/N-ethyl adjacent to an activating group) is 1. The summed E-state index contributed by atoms with van der Waals surface area (Å²) in [4.78, 5) is 17.7. The maximum Gasteiger partial charge on any atom is 0.415 e. The van der Waals surface area contributed by atoms with Crippen LogP contribution in [0.3, 0.4) is 0 Å². The SMILES string of the molecule is C=C(C)OC(=O)N1CC(Oc2ccc(CN3CCN(C)CC3)c(F)c2)C1. The van der Waals surface area contributed by atoms with E-state index >= 15 is 0 Å². The maximum absolute atomic E-state index is 14.4. The summed E-state index contributed by atoms with van der Waals surface area (Å²) in [6, 6.07) is 5.01. The minimum absolute atomic E-state index is 0.143. The minimum Gasteiger partial charge on any atom is -0.487 e. The van der Waals surface area contributed by atoms with Crippen molar-refractivity contribution in [3.63, 3.8) is 0 Å². The molecule has 0 N–H and O–H groups in total. The molecule has 26 heavy (non-hydrogen) atoms. The van der Waals surface area contributed by atoms with Gasteiger partial charge in [0, 0.05) is 44.4 Å². The van der Waals surface area contributed by atoms with E-state index in [4.69, 9.17) is 9.47 Å². The van der Waals surface area contributed by atoms with Gasteiger partial charge in [0.15, 0.2) is 0 Å². The second-order valence-corrected chi connectivity index (χ2v) is 7.05. The monoisotopic (exact) mass is 363 g/mol. The first-order valence-corrected chi connectivity index (χ1v) is 8.89. The minimum atomic E-state index is -0.425. The zero-order chi connectivity index (χ0) is 18.7. The van der Waals surface area contributed by atoms with E-state index in [1.807, 2.05) is 0 Å². The Bertz CT molecular complexity index is 668. The van der Waals surface area contributed by atoms with Crippen LogP contribution in [0.25, 0.3) is 0 Å². The van der Waals surface area contributed by atoms with E-state index in [9.17, 15) is 9.18 Å². The molecule has 1 aromatic carbocycles. The number of piperazine rings is 1. The van der Waals surface area contributed by atoms with Crippen molar-refractivity contribution in [3.05, 3.63) is 41.9 Å². The highest BCUT2D eigenvalue weighted by Crippen LogP contribution is 2.23. The molecule has 0 spiro atoms. The second-order valence-electron chi connectivity index (χ2n) is 7.05. The fraction of sp³-hybridized carbons (Fsp3) is 0.526. The Morgan fingerprint density at radius 3 is 2.58 bits per heavy atom. The van der Waals surface area contributed by atoms with Gasteiger partial charge >= 0.3 is 6.09 Å². The third-order valence-corrected chi connectivity index (χ3v) is 4.68. The van der Waals surface area contributed by atoms with Crippen LogP contribution in [0.2, 0.25) is 0 Å². The van der Waals surface area contributed by atoms with Crippen molar-refractivity contribution < 1.29 is 18.7 Å². The fourth-order valence-electron chi connectivity index (χ4n) is 3.04. The number of hydrogen-bond acceptors (Lipinski definition) is 5. The van der Waals surface area contributed by atoms with Gasteiger partial charge in [0.1, 0.15) is 17.7 Å². The molecule has 3 rings (SSSR count). The van der Waals surface area contributed by atoms with Crippen LogP contribution in [0, 0.1) is 5.82 Å². The molecule has 1 amide bonds. The summed E-state index contributed by atoms with van der Waals surface area (Å²) in [5.74, 6) is 0.597. The van der Waals surface area contributed by atoms with Gasteiger partial charge in [-0.3, -0.25) is 4.90 Å². The van der Waals surface area contributed by atoms with E-state index in [1.54, 1.807) is 19.1 Å². The predicted molar refractivity (Wildman–Crippen MR) is 96.5 cm³/mol. The lowest BCUT2D eigenvalue weighted by Crippen LogP contribution is -2.56. The van der Waals surface area contributed by atoms with Crippen molar-refractivity contribution >= 4 is 6.09 Å². The van der Waals surface area contributed by atoms with Crippen molar-refractivity contribution in [2.24, 2.45) is 0 Å². The number of nitrogens with zero attached hydrogens (tertiary/aromatic N) is 3. The average molecular weight is 363 g/mol. The molecule has 2 aliphatic heterocycles. The molecular formula is C19H26FN3O3. The van der Waals surface area contributed by atoms with Gasteiger partial charge in [0.2, 0.25) is 0 Å². The Labute approximate surface area is 153 Å². The van der Waals surface area contributed by atoms with E-state index in [-0.39, 0.29) is 11.9 Å². The maximum atomic E-state index is 14.4. The highest BCUT2D eigenvalue weighted by atomic mass is 19.1. The summed E-state index contributed by atoms with van der Waals surface area (Å²) in [6.45, 7) is 10.5. The highest BCUT2D eigenvalue weighted by Gasteiger charge is 2.33. The molecule has 0 bridgehead atoms. The van der Waals surface area contributed by atoms with Gasteiger partial charge in [-0.05, 0) is 20.0 Å². The molecule has 2 aliphatic rings. The molecule has 2 heterocycles. The average Bonchev–Trinajstić information content (AvgIpc) is 2.54. The summed E-state index contributed by atoms with van der Waals surface area (Å²) in [6.07, 6.45) is -0.568. The first-order chi connectivity index (χ1) is 12.4. The van der Waals surface area contributed by atoms with E-state index in [1.165, 1.54) is 11.0 Å². The number of carbonyl (C=O) groups is 1. The molecule has 0 unspecified atom stereocenters. The van der Waals surface area contributed by atoms with Crippen molar-refractivity contribution in [3.8, 4) is 5.75 Å². The van der Waals surface area contributed by atoms with Crippen molar-refractivity contribution in [2.75, 3.05) is 46.3 Å². The summed E-state index contributed by atoms with van der Waals surface area (Å²) in [5, 5.41) is 0. The van der Waals surface area contributed by atoms with Gasteiger partial charge in [-0.15, -0.1) is 0 Å². The molecule has 7 heteroatoms. The molecule has 0 saturated carbocycles. The Balaban J connectivity index is 1.48. The highest BCUT2D eigenvalue weighted by molar-refractivity contribution is 5.69. The Morgan fingerprint density at radius 2 is 1.96 bits per heavy atom. The fourth-order valence-corrected chi connectivity index (χ4v) is 3.04. The zero-order valence-electron chi connectivity index (χ0n) is 15.4. The van der Waals surface area contributed by atoms with E-state index in [0.29, 0.717) is 36.7 Å². The normalized spacial score (nSPS) is 19.1. The summed E-state index contributed by atoms with van der Waals surface area (Å²) >= 11 is 0. The largest absolute Gasteiger partial charge is 0.487 e. The lowest BCUT2D eigenvalue weighted by Gasteiger charge is -2.38. The molecule has 2 saturated heterocycles. The Kier molecular flexibility index (Phi) is 5.78. The molecule has 2 fully saturated rings. The number of ether oxygens (including phenoxy) is 2. The Hall–Kier alpha value is -2.12. The first-order valence-electron chi connectivity index (χ1n) is 8.89. The van der Waals surface area contributed by atoms with Gasteiger partial charge in [-0.1, -0.05) is 12.6 Å². The molecule has 142 valence electrons. The van der Waals surface area contributed by atoms with Crippen LogP contribution >= 0.6 is 0 Å². The standard InChI is InChI=1S/C19H26FN3O3/c1-14(2)25-19(24)23-12-17(13-23)26-16-5-4-15(18(20)10-16)11-22-8-6-21(3)7-9-22/h4-5,10,17H,1,6-9,11-13H2,2-3H3. The van der Waals surface area contributed by atoms with Crippen LogP contribution in [-0.2, 0) is 11.3 Å². The molecule has 0 aromatic heterocycles. The number of allylic oxidation sites excluding steroid dienone is 1. The van der Waals surface area contributed by atoms with Crippen LogP contribution in [-0.4, -0.2) is 73.2 Å². The third-order valence-electron chi connectivity index (χ3n) is 4.68. The number of carbonyl (C=O) groups excluding carboxylic acids is 1. The molecule has 0 atom stereocenters. The van der Waals surface area contributed by atoms with Crippen LogP contribution < -0.4 is 4.74 Å². The van der Waals surface area contributed by atoms with E-state index in [0.717, 1.165) is 26.2 Å². The third kappa shape index (κ3) is 4.74. The lowest BCUT2D eigenvalue weighted by atomic mass is 10.1. The van der Waals surface area contributed by atoms with Gasteiger partial charge in [0.25, 0.3) is 0 Å². The van der Waals surface area contributed by atoms with Crippen LogP contribution in [0.5, 0.6) is 5.75 Å². The van der Waals surface area contributed by atoms with Gasteiger partial charge in [-0.2, -0.15) is 0 Å². The summed E-state index contributed by atoms with van der Waals surface area (Å²) in [7, 11) is 2.10. The number of rotatable bonds is 5. The molecule has 0 radical (unpaired) electrons. The van der Waals surface area contributed by atoms with Crippen molar-refractivity contribution in [1.29, 1.82) is 0 Å². The van der Waals surface area contributed by atoms with Gasteiger partial charge < -0.3 is 19.3 Å². The van der Waals surface area contributed by atoms with Gasteiger partial charge in [-0.25, -0.2) is 9.18 Å². The molecule has 0 aliphatic carbocycles. The Morgan fingerprint density at radius 1 is 1.27 bits per heavy atom. The second kappa shape index (κ2) is 8.05. The van der Waals surface area contributed by atoms with Crippen LogP contribution in [0.1, 0.15) is 12.5 Å². The summed E-state index contributed by atoms with van der Waals surface area (Å²) < 4.78 is 25.1. The summed E-state index contributed by atoms with van der Waals surface area (Å²) in [5.41, 5.74) is 0.683. The van der Waals surface area contributed by atoms with Crippen molar-refractivity contribution in [1.82, 2.24) is 14.7 Å². The van der Waals surface area contributed by atoms with Crippen LogP contribution in [0.15, 0.2) is 30.5 Å². The smallest absolute Gasteiger partial charge is 0.415 e. The number of likely N-dealkylation sites (tertiary alicyclic amines) is 1. The lowest BCUT2D eigenvalue weighted by molar-refractivity contribution is 0.0201.